The van der Waals surface area contributed by atoms with Crippen LogP contribution in [0.4, 0.5) is 0 Å². The van der Waals surface area contributed by atoms with Crippen LogP contribution in [0.15, 0.2) is 11.6 Å². The fraction of sp³-hybridized carbons (Fsp3) is 0.804. The van der Waals surface area contributed by atoms with E-state index in [1.165, 1.54) is 27.0 Å². The fourth-order valence-corrected chi connectivity index (χ4v) is 8.61. The zero-order valence-electron chi connectivity index (χ0n) is 39.3. The summed E-state index contributed by atoms with van der Waals surface area (Å²) in [6, 6.07) is 0. The molecule has 0 saturated carbocycles. The summed E-state index contributed by atoms with van der Waals surface area (Å²) in [6.07, 6.45) is -4.19. The molecule has 2 fully saturated rings. The molecule has 0 bridgehead atoms. The number of aliphatic hydroxyl groups is 1. The molecule has 0 radical (unpaired) electrons. The Hall–Kier alpha value is -3.89. The highest BCUT2D eigenvalue weighted by molar-refractivity contribution is 5.87. The quantitative estimate of drug-likeness (QED) is 0.0659. The van der Waals surface area contributed by atoms with E-state index in [-0.39, 0.29) is 86.6 Å². The van der Waals surface area contributed by atoms with Gasteiger partial charge in [-0.05, 0) is 63.2 Å². The van der Waals surface area contributed by atoms with Gasteiger partial charge in [-0.2, -0.15) is 0 Å². The maximum atomic E-state index is 14.1. The molecule has 2 saturated heterocycles. The van der Waals surface area contributed by atoms with Crippen LogP contribution in [0.5, 0.6) is 0 Å². The maximum Gasteiger partial charge on any atom is 0.333 e. The highest BCUT2D eigenvalue weighted by atomic mass is 16.8. The number of carbonyl (C=O) groups is 7. The molecule has 2 rings (SSSR count). The zero-order valence-corrected chi connectivity index (χ0v) is 39.3. The van der Waals surface area contributed by atoms with Gasteiger partial charge in [-0.1, -0.05) is 61.5 Å². The lowest BCUT2D eigenvalue weighted by molar-refractivity contribution is -0.405. The van der Waals surface area contributed by atoms with Crippen molar-refractivity contribution in [2.24, 2.45) is 35.5 Å². The number of rotatable bonds is 23. The van der Waals surface area contributed by atoms with Crippen molar-refractivity contribution in [2.45, 2.75) is 189 Å². The number of esters is 6. The van der Waals surface area contributed by atoms with Gasteiger partial charge in [-0.25, -0.2) is 4.79 Å². The molecule has 0 amide bonds. The normalized spacial score (nSPS) is 25.7. The second-order valence-electron chi connectivity index (χ2n) is 18.3. The molecular weight excluding hydrogens is 808 g/mol. The second kappa shape index (κ2) is 24.8. The lowest BCUT2D eigenvalue weighted by Crippen LogP contribution is -2.59. The van der Waals surface area contributed by atoms with Crippen LogP contribution in [-0.4, -0.2) is 103 Å². The van der Waals surface area contributed by atoms with Crippen LogP contribution in [0.25, 0.3) is 0 Å². The van der Waals surface area contributed by atoms with Crippen molar-refractivity contribution in [3.8, 4) is 0 Å². The first-order valence-electron chi connectivity index (χ1n) is 22.1. The summed E-state index contributed by atoms with van der Waals surface area (Å²) in [5.74, 6) is -10.5. The predicted octanol–water partition coefficient (Wildman–Crippen LogP) is 6.50. The molecular formula is C46H74O16. The summed E-state index contributed by atoms with van der Waals surface area (Å²) >= 11 is 0. The molecule has 0 unspecified atom stereocenters. The van der Waals surface area contributed by atoms with Gasteiger partial charge >= 0.3 is 35.8 Å². The molecule has 62 heavy (non-hydrogen) atoms. The van der Waals surface area contributed by atoms with Crippen LogP contribution in [0.3, 0.4) is 0 Å². The van der Waals surface area contributed by atoms with Gasteiger partial charge in [0.1, 0.15) is 30.0 Å². The average Bonchev–Trinajstić information content (AvgIpc) is 3.12. The van der Waals surface area contributed by atoms with Crippen molar-refractivity contribution in [1.82, 2.24) is 0 Å². The molecule has 16 heteroatoms. The maximum absolute atomic E-state index is 14.1. The van der Waals surface area contributed by atoms with Crippen LogP contribution in [0, 0.1) is 35.5 Å². The van der Waals surface area contributed by atoms with Crippen LogP contribution in [-0.2, 0) is 71.5 Å². The summed E-state index contributed by atoms with van der Waals surface area (Å²) in [6.45, 7) is 20.0. The van der Waals surface area contributed by atoms with E-state index in [1.54, 1.807) is 20.8 Å². The molecule has 2 aliphatic heterocycles. The molecule has 0 aliphatic carbocycles. The third kappa shape index (κ3) is 17.3. The van der Waals surface area contributed by atoms with E-state index < -0.39 is 89.7 Å². The topological polar surface area (TPSA) is 214 Å². The highest BCUT2D eigenvalue weighted by Gasteiger charge is 2.55. The van der Waals surface area contributed by atoms with Crippen molar-refractivity contribution in [3.63, 3.8) is 0 Å². The number of methoxy groups -OCH3 is 1. The van der Waals surface area contributed by atoms with Crippen LogP contribution in [0.1, 0.15) is 147 Å². The number of hydrogen-bond acceptors (Lipinski definition) is 16. The summed E-state index contributed by atoms with van der Waals surface area (Å²) in [7, 11) is 1.20. The van der Waals surface area contributed by atoms with E-state index in [4.69, 9.17) is 37.9 Å². The van der Waals surface area contributed by atoms with Crippen molar-refractivity contribution in [3.05, 3.63) is 11.6 Å². The lowest BCUT2D eigenvalue weighted by atomic mass is 9.78. The monoisotopic (exact) mass is 882 g/mol. The molecule has 0 aromatic carbocycles. The zero-order chi connectivity index (χ0) is 47.1. The number of ether oxygens (including phenoxy) is 8. The number of Topliss-reactive ketones (excluding diaryl/α,β-unsaturated/α-hetero) is 1. The van der Waals surface area contributed by atoms with E-state index in [1.807, 2.05) is 41.5 Å². The van der Waals surface area contributed by atoms with Crippen molar-refractivity contribution in [1.29, 1.82) is 0 Å². The minimum absolute atomic E-state index is 0.0473. The summed E-state index contributed by atoms with van der Waals surface area (Å²) in [5, 5.41) is 11.6. The van der Waals surface area contributed by atoms with E-state index in [0.29, 0.717) is 19.3 Å². The van der Waals surface area contributed by atoms with Gasteiger partial charge in [-0.3, -0.25) is 28.8 Å². The summed E-state index contributed by atoms with van der Waals surface area (Å²) < 4.78 is 47.7. The average molecular weight is 883 g/mol. The first-order chi connectivity index (χ1) is 28.9. The molecule has 1 spiro atoms. The summed E-state index contributed by atoms with van der Waals surface area (Å²) in [5.41, 5.74) is 0.145. The third-order valence-corrected chi connectivity index (χ3v) is 10.8. The Labute approximate surface area is 367 Å². The van der Waals surface area contributed by atoms with E-state index in [2.05, 4.69) is 0 Å². The van der Waals surface area contributed by atoms with Gasteiger partial charge < -0.3 is 43.0 Å². The fourth-order valence-electron chi connectivity index (χ4n) is 8.61. The molecule has 0 aromatic heterocycles. The Bertz CT molecular complexity index is 1570. The van der Waals surface area contributed by atoms with Crippen molar-refractivity contribution in [2.75, 3.05) is 13.7 Å². The lowest BCUT2D eigenvalue weighted by Gasteiger charge is -2.53. The highest BCUT2D eigenvalue weighted by Crippen LogP contribution is 2.48. The second-order valence-corrected chi connectivity index (χ2v) is 18.3. The molecule has 11 atom stereocenters. The molecule has 2 heterocycles. The number of hydrogen-bond donors (Lipinski definition) is 1. The van der Waals surface area contributed by atoms with E-state index in [9.17, 15) is 38.7 Å². The van der Waals surface area contributed by atoms with Gasteiger partial charge in [0, 0.05) is 57.4 Å². The number of carbonyl (C=O) groups excluding carboxylic acids is 7. The van der Waals surface area contributed by atoms with Crippen LogP contribution in [0.2, 0.25) is 0 Å². The smallest absolute Gasteiger partial charge is 0.333 e. The van der Waals surface area contributed by atoms with E-state index >= 15 is 0 Å². The molecule has 16 nitrogen and oxygen atoms in total. The van der Waals surface area contributed by atoms with Crippen LogP contribution < -0.4 is 0 Å². The summed E-state index contributed by atoms with van der Waals surface area (Å²) in [4.78, 5) is 92.0. The SMILES string of the molecule is CCOC(=O)[C@H]([C@@H](OC(C)=O)[C@@H](C[C@H](C)[C@H](OC(=O)CC(C)C)[C@@H]1C[C@H](C)C[C@]2(C[C@H](C)C[C@](O)(CC(C)=O)O2)O1)OC(=O)CC(C)C)[C@H](C/C=C(\C)C(=O)OC)OC(=O)CC. The Kier molecular flexibility index (Phi) is 21.7. The molecule has 0 aromatic rings. The van der Waals surface area contributed by atoms with Gasteiger partial charge in [0.25, 0.3) is 0 Å². The van der Waals surface area contributed by atoms with Gasteiger partial charge in [0.05, 0.1) is 26.2 Å². The first kappa shape index (κ1) is 54.2. The largest absolute Gasteiger partial charge is 0.466 e. The Balaban J connectivity index is 2.84. The minimum atomic E-state index is -1.78. The molecule has 354 valence electrons. The van der Waals surface area contributed by atoms with Gasteiger partial charge in [-0.15, -0.1) is 0 Å². The third-order valence-electron chi connectivity index (χ3n) is 10.8. The van der Waals surface area contributed by atoms with Crippen molar-refractivity contribution >= 4 is 41.6 Å². The Morgan fingerprint density at radius 1 is 0.790 bits per heavy atom. The van der Waals surface area contributed by atoms with Gasteiger partial charge in [0.2, 0.25) is 0 Å². The Morgan fingerprint density at radius 3 is 1.90 bits per heavy atom. The van der Waals surface area contributed by atoms with Gasteiger partial charge in [0.15, 0.2) is 17.7 Å². The molecule has 1 N–H and O–H groups in total. The first-order valence-corrected chi connectivity index (χ1v) is 22.1. The van der Waals surface area contributed by atoms with Crippen molar-refractivity contribution < 1.29 is 76.6 Å². The molecule has 2 aliphatic rings. The van der Waals surface area contributed by atoms with Crippen LogP contribution >= 0.6 is 0 Å². The Morgan fingerprint density at radius 2 is 1.37 bits per heavy atom. The predicted molar refractivity (Wildman–Crippen MR) is 224 cm³/mol. The standard InChI is InChI=1S/C46H74O16/c1-14-37(49)58-34(17-16-30(9)43(52)55-13)40(44(53)56-15-2)42(57-33(12)48)35(59-38(50)18-26(3)4)21-31(10)41(60-39(51)19-27(5)6)36-20-28(7)23-46(61-36)24-29(8)22-45(54,62-46)25-32(11)47/h16,26-29,31,34-36,40-42,54H,14-15,17-25H2,1-13H3/b30-16+/t28-,29+,31-,34-,35+,36-,40-,41-,42-,45+,46-/m0/s1. The minimum Gasteiger partial charge on any atom is -0.466 e. The number of ketones is 1. The van der Waals surface area contributed by atoms with E-state index in [0.717, 1.165) is 6.92 Å².